The quantitative estimate of drug-likeness (QED) is 0.193. The van der Waals surface area contributed by atoms with Gasteiger partial charge < -0.3 is 25.1 Å². The van der Waals surface area contributed by atoms with Crippen LogP contribution in [-0.4, -0.2) is 77.8 Å². The normalized spacial score (nSPS) is 43.5. The molecule has 4 unspecified atom stereocenters. The van der Waals surface area contributed by atoms with E-state index >= 15 is 0 Å². The fourth-order valence-corrected chi connectivity index (χ4v) is 9.96. The summed E-state index contributed by atoms with van der Waals surface area (Å²) in [5.41, 5.74) is -0.100. The third kappa shape index (κ3) is 5.62. The lowest BCUT2D eigenvalue weighted by atomic mass is 9.43. The first-order valence-corrected chi connectivity index (χ1v) is 15.6. The molecule has 4 aliphatic carbocycles. The zero-order valence-electron chi connectivity index (χ0n) is 24.9. The standard InChI is InChI=1S/C32H56N2O4/c1-7-16-34(5,6)17-8-15-33-29(38)12-9-21(2)24-10-11-25-30-26(20-28(37)32(24,25)4)31(3)14-13-23(35)18-22(31)19-27(30)36/h7,21-28,30,35-37H,1,8-20H2,2-6H3/p+1/t21-,22?,23-,24-,25?,26?,27-,28+,30?,31+,32-/m1/s1. The van der Waals surface area contributed by atoms with E-state index in [4.69, 9.17) is 0 Å². The van der Waals surface area contributed by atoms with Gasteiger partial charge in [0, 0.05) is 19.4 Å². The summed E-state index contributed by atoms with van der Waals surface area (Å²) in [7, 11) is 4.38. The predicted molar refractivity (Wildman–Crippen MR) is 152 cm³/mol. The third-order valence-corrected chi connectivity index (χ3v) is 12.2. The average molecular weight is 534 g/mol. The van der Waals surface area contributed by atoms with Crippen molar-refractivity contribution in [3.63, 3.8) is 0 Å². The molecule has 0 aromatic carbocycles. The van der Waals surface area contributed by atoms with Crippen molar-refractivity contribution in [3.8, 4) is 0 Å². The zero-order chi connectivity index (χ0) is 27.9. The molecule has 4 N–H and O–H groups in total. The van der Waals surface area contributed by atoms with Gasteiger partial charge in [0.2, 0.25) is 5.91 Å². The van der Waals surface area contributed by atoms with Crippen LogP contribution in [0.2, 0.25) is 0 Å². The van der Waals surface area contributed by atoms with E-state index in [1.54, 1.807) is 0 Å². The SMILES string of the molecule is C=CC[N+](C)(C)CCCNC(=O)CC[C@@H](C)[C@H]1CCC2C3C(C[C@H](O)[C@@]21C)[C@@]1(C)CC[C@@H](O)CC1C[C@H]3O. The monoisotopic (exact) mass is 533 g/mol. The second-order valence-electron chi connectivity index (χ2n) is 14.9. The highest BCUT2D eigenvalue weighted by molar-refractivity contribution is 5.75. The zero-order valence-corrected chi connectivity index (χ0v) is 24.9. The maximum atomic E-state index is 12.6. The molecule has 4 aliphatic rings. The van der Waals surface area contributed by atoms with E-state index in [0.29, 0.717) is 42.6 Å². The van der Waals surface area contributed by atoms with Gasteiger partial charge in [-0.1, -0.05) is 27.4 Å². The molecule has 6 nitrogen and oxygen atoms in total. The van der Waals surface area contributed by atoms with Crippen LogP contribution in [0.5, 0.6) is 0 Å². The third-order valence-electron chi connectivity index (χ3n) is 12.2. The molecular formula is C32H57N2O4+. The van der Waals surface area contributed by atoms with Crippen LogP contribution in [0.3, 0.4) is 0 Å². The topological polar surface area (TPSA) is 89.8 Å². The van der Waals surface area contributed by atoms with E-state index in [9.17, 15) is 20.1 Å². The Labute approximate surface area is 231 Å². The van der Waals surface area contributed by atoms with E-state index in [1.807, 2.05) is 6.08 Å². The van der Waals surface area contributed by atoms with E-state index in [0.717, 1.165) is 75.4 Å². The highest BCUT2D eigenvalue weighted by Crippen LogP contribution is 2.68. The Morgan fingerprint density at radius 3 is 2.55 bits per heavy atom. The first-order chi connectivity index (χ1) is 17.8. The van der Waals surface area contributed by atoms with Gasteiger partial charge in [-0.2, -0.15) is 0 Å². The lowest BCUT2D eigenvalue weighted by molar-refractivity contribution is -0.884. The van der Waals surface area contributed by atoms with Gasteiger partial charge in [0.1, 0.15) is 0 Å². The Bertz CT molecular complexity index is 847. The molecule has 38 heavy (non-hydrogen) atoms. The summed E-state index contributed by atoms with van der Waals surface area (Å²) in [5, 5.41) is 36.6. The molecule has 0 spiro atoms. The Kier molecular flexibility index (Phi) is 9.09. The van der Waals surface area contributed by atoms with Crippen LogP contribution in [0.4, 0.5) is 0 Å². The summed E-state index contributed by atoms with van der Waals surface area (Å²) in [6.45, 7) is 13.4. The Balaban J connectivity index is 1.34. The molecular weight excluding hydrogens is 476 g/mol. The van der Waals surface area contributed by atoms with Crippen LogP contribution in [0.1, 0.15) is 85.0 Å². The van der Waals surface area contributed by atoms with E-state index < -0.39 is 0 Å². The maximum absolute atomic E-state index is 12.6. The second kappa shape index (κ2) is 11.5. The number of aliphatic hydroxyl groups excluding tert-OH is 3. The molecule has 1 amide bonds. The molecule has 0 aromatic heterocycles. The number of quaternary nitrogens is 1. The number of likely N-dealkylation sites (N-methyl/N-ethyl adjacent to an activating group) is 1. The van der Waals surface area contributed by atoms with Gasteiger partial charge in [-0.05, 0) is 104 Å². The molecule has 0 aromatic rings. The second-order valence-corrected chi connectivity index (χ2v) is 14.9. The lowest BCUT2D eigenvalue weighted by Gasteiger charge is -2.63. The highest BCUT2D eigenvalue weighted by atomic mass is 16.3. The number of carbonyl (C=O) groups is 1. The van der Waals surface area contributed by atoms with Crippen LogP contribution in [0.15, 0.2) is 12.7 Å². The molecule has 0 aliphatic heterocycles. The Morgan fingerprint density at radius 1 is 1.11 bits per heavy atom. The van der Waals surface area contributed by atoms with Gasteiger partial charge >= 0.3 is 0 Å². The smallest absolute Gasteiger partial charge is 0.220 e. The lowest BCUT2D eigenvalue weighted by Crippen LogP contribution is -2.62. The summed E-state index contributed by atoms with van der Waals surface area (Å²) in [6, 6.07) is 0. The number of amides is 1. The molecule has 0 bridgehead atoms. The van der Waals surface area contributed by atoms with Crippen molar-refractivity contribution in [2.45, 2.75) is 103 Å². The Hall–Kier alpha value is -0.950. The van der Waals surface area contributed by atoms with E-state index in [1.165, 1.54) is 0 Å². The number of aliphatic hydroxyl groups is 3. The van der Waals surface area contributed by atoms with Crippen molar-refractivity contribution in [1.29, 1.82) is 0 Å². The van der Waals surface area contributed by atoms with Crippen LogP contribution in [0.25, 0.3) is 0 Å². The fraction of sp³-hybridized carbons (Fsp3) is 0.906. The minimum absolute atomic E-state index is 0.104. The van der Waals surface area contributed by atoms with Gasteiger partial charge in [-0.3, -0.25) is 4.79 Å². The first kappa shape index (κ1) is 30.0. The number of fused-ring (bicyclic) bond motifs is 5. The maximum Gasteiger partial charge on any atom is 0.220 e. The van der Waals surface area contributed by atoms with Crippen molar-refractivity contribution in [3.05, 3.63) is 12.7 Å². The van der Waals surface area contributed by atoms with Crippen LogP contribution >= 0.6 is 0 Å². The van der Waals surface area contributed by atoms with Gasteiger partial charge in [0.25, 0.3) is 0 Å². The van der Waals surface area contributed by atoms with Crippen molar-refractivity contribution in [1.82, 2.24) is 5.32 Å². The van der Waals surface area contributed by atoms with E-state index in [2.05, 4.69) is 46.8 Å². The molecule has 4 fully saturated rings. The molecule has 4 rings (SSSR count). The molecule has 11 atom stereocenters. The molecule has 4 saturated carbocycles. The van der Waals surface area contributed by atoms with Crippen LogP contribution in [0, 0.1) is 46.3 Å². The van der Waals surface area contributed by atoms with Gasteiger partial charge in [-0.15, -0.1) is 0 Å². The van der Waals surface area contributed by atoms with Crippen LogP contribution < -0.4 is 5.32 Å². The van der Waals surface area contributed by atoms with Crippen molar-refractivity contribution in [2.75, 3.05) is 33.7 Å². The number of nitrogens with one attached hydrogen (secondary N) is 1. The number of nitrogens with zero attached hydrogens (tertiary/aromatic N) is 1. The van der Waals surface area contributed by atoms with Gasteiger partial charge in [0.05, 0.1) is 45.5 Å². The number of rotatable bonds is 10. The number of hydrogen-bond donors (Lipinski definition) is 4. The minimum atomic E-state index is -0.371. The number of carbonyl (C=O) groups excluding carboxylic acids is 1. The molecule has 218 valence electrons. The first-order valence-electron chi connectivity index (χ1n) is 15.6. The summed E-state index contributed by atoms with van der Waals surface area (Å²) in [6.07, 6.45) is 9.68. The molecule has 0 radical (unpaired) electrons. The summed E-state index contributed by atoms with van der Waals surface area (Å²) in [4.78, 5) is 12.6. The predicted octanol–water partition coefficient (Wildman–Crippen LogP) is 4.13. The largest absolute Gasteiger partial charge is 0.393 e. The van der Waals surface area contributed by atoms with Crippen molar-refractivity contribution < 1.29 is 24.6 Å². The molecule has 0 heterocycles. The molecule has 0 saturated heterocycles. The minimum Gasteiger partial charge on any atom is -0.393 e. The summed E-state index contributed by atoms with van der Waals surface area (Å²) in [5.74, 6) is 2.11. The summed E-state index contributed by atoms with van der Waals surface area (Å²) >= 11 is 0. The fourth-order valence-electron chi connectivity index (χ4n) is 9.96. The highest BCUT2D eigenvalue weighted by Gasteiger charge is 2.65. The Morgan fingerprint density at radius 2 is 1.84 bits per heavy atom. The van der Waals surface area contributed by atoms with Gasteiger partial charge in [0.15, 0.2) is 0 Å². The summed E-state index contributed by atoms with van der Waals surface area (Å²) < 4.78 is 0.887. The van der Waals surface area contributed by atoms with Crippen LogP contribution in [-0.2, 0) is 4.79 Å². The van der Waals surface area contributed by atoms with Crippen molar-refractivity contribution >= 4 is 5.91 Å². The average Bonchev–Trinajstić information content (AvgIpc) is 3.20. The van der Waals surface area contributed by atoms with Gasteiger partial charge in [-0.25, -0.2) is 0 Å². The van der Waals surface area contributed by atoms with E-state index in [-0.39, 0.29) is 41.0 Å². The number of hydrogen-bond acceptors (Lipinski definition) is 4. The van der Waals surface area contributed by atoms with Crippen molar-refractivity contribution in [2.24, 2.45) is 46.3 Å². The molecule has 6 heteroatoms.